The molecule has 0 saturated heterocycles. The minimum Gasteiger partial charge on any atom is -0.355 e. The van der Waals surface area contributed by atoms with Crippen molar-refractivity contribution in [1.29, 1.82) is 5.26 Å². The number of hydrogen-bond acceptors (Lipinski definition) is 5. The molecule has 0 aliphatic heterocycles. The highest BCUT2D eigenvalue weighted by molar-refractivity contribution is 7.84. The van der Waals surface area contributed by atoms with Gasteiger partial charge in [0.25, 0.3) is 0 Å². The molecule has 0 aliphatic rings. The Morgan fingerprint density at radius 3 is 2.94 bits per heavy atom. The molecule has 0 amide bonds. The van der Waals surface area contributed by atoms with Crippen LogP contribution < -0.4 is 4.90 Å². The highest BCUT2D eigenvalue weighted by atomic mass is 32.2. The van der Waals surface area contributed by atoms with Gasteiger partial charge in [0.2, 0.25) is 0 Å². The topological polar surface area (TPSA) is 69.9 Å². The molecule has 0 saturated carbocycles. The van der Waals surface area contributed by atoms with Crippen LogP contribution in [0.2, 0.25) is 0 Å². The van der Waals surface area contributed by atoms with Crippen LogP contribution in [0.1, 0.15) is 12.5 Å². The number of anilines is 1. The summed E-state index contributed by atoms with van der Waals surface area (Å²) in [7, 11) is 0.998. The Morgan fingerprint density at radius 2 is 2.38 bits per heavy atom. The maximum atomic E-state index is 11.1. The van der Waals surface area contributed by atoms with Gasteiger partial charge < -0.3 is 4.90 Å². The number of aromatic nitrogens is 2. The summed E-state index contributed by atoms with van der Waals surface area (Å²) in [6.45, 7) is 1.96. The van der Waals surface area contributed by atoms with Gasteiger partial charge in [-0.3, -0.25) is 4.21 Å². The zero-order valence-electron chi connectivity index (χ0n) is 9.54. The molecule has 86 valence electrons. The lowest BCUT2D eigenvalue weighted by atomic mass is 10.3. The van der Waals surface area contributed by atoms with Crippen LogP contribution >= 0.6 is 0 Å². The van der Waals surface area contributed by atoms with Crippen LogP contribution in [0.5, 0.6) is 0 Å². The van der Waals surface area contributed by atoms with Gasteiger partial charge in [0.05, 0.1) is 11.8 Å². The fourth-order valence-electron chi connectivity index (χ4n) is 1.27. The van der Waals surface area contributed by atoms with E-state index < -0.39 is 10.8 Å². The van der Waals surface area contributed by atoms with Crippen LogP contribution in [-0.4, -0.2) is 39.5 Å². The van der Waals surface area contributed by atoms with Crippen molar-refractivity contribution >= 4 is 16.6 Å². The predicted molar refractivity (Wildman–Crippen MR) is 63.5 cm³/mol. The third kappa shape index (κ3) is 3.28. The number of hydrogen-bond donors (Lipinski definition) is 0. The van der Waals surface area contributed by atoms with Crippen molar-refractivity contribution in [2.75, 3.05) is 24.0 Å². The lowest BCUT2D eigenvalue weighted by Gasteiger charge is -2.24. The smallest absolute Gasteiger partial charge is 0.152 e. The van der Waals surface area contributed by atoms with E-state index >= 15 is 0 Å². The zero-order chi connectivity index (χ0) is 12.1. The molecule has 2 unspecified atom stereocenters. The van der Waals surface area contributed by atoms with Crippen molar-refractivity contribution in [3.05, 3.63) is 17.8 Å². The molecule has 0 N–H and O–H groups in total. The molecule has 0 aliphatic carbocycles. The number of nitrogens with zero attached hydrogens (tertiary/aromatic N) is 4. The second kappa shape index (κ2) is 5.56. The molecule has 0 radical (unpaired) electrons. The Labute approximate surface area is 97.6 Å². The summed E-state index contributed by atoms with van der Waals surface area (Å²) < 4.78 is 11.1. The zero-order valence-corrected chi connectivity index (χ0v) is 10.4. The maximum absolute atomic E-state index is 11.1. The lowest BCUT2D eigenvalue weighted by molar-refractivity contribution is 0.673. The van der Waals surface area contributed by atoms with Gasteiger partial charge in [0, 0.05) is 42.0 Å². The molecule has 0 bridgehead atoms. The van der Waals surface area contributed by atoms with E-state index in [0.29, 0.717) is 17.1 Å². The first-order valence-electron chi connectivity index (χ1n) is 4.80. The first kappa shape index (κ1) is 12.6. The summed E-state index contributed by atoms with van der Waals surface area (Å²) in [5.74, 6) is 1.19. The van der Waals surface area contributed by atoms with Gasteiger partial charge >= 0.3 is 0 Å². The van der Waals surface area contributed by atoms with Crippen molar-refractivity contribution in [3.63, 3.8) is 0 Å². The highest BCUT2D eigenvalue weighted by Gasteiger charge is 2.13. The standard InChI is InChI=1S/C10H14N4OS/c1-8(7-16(3)15)14(2)10-4-9(5-11)6-12-13-10/h4,6,8H,7H2,1-3H3. The van der Waals surface area contributed by atoms with E-state index in [4.69, 9.17) is 5.26 Å². The fourth-order valence-corrected chi connectivity index (χ4v) is 2.17. The van der Waals surface area contributed by atoms with Gasteiger partial charge in [-0.1, -0.05) is 0 Å². The van der Waals surface area contributed by atoms with Crippen molar-refractivity contribution in [1.82, 2.24) is 10.2 Å². The molecule has 16 heavy (non-hydrogen) atoms. The largest absolute Gasteiger partial charge is 0.355 e. The van der Waals surface area contributed by atoms with E-state index in [1.165, 1.54) is 6.20 Å². The second-order valence-corrected chi connectivity index (χ2v) is 5.09. The summed E-state index contributed by atoms with van der Waals surface area (Å²) in [6, 6.07) is 3.77. The third-order valence-corrected chi connectivity index (χ3v) is 3.22. The average Bonchev–Trinajstić information content (AvgIpc) is 2.27. The molecule has 0 aromatic carbocycles. The van der Waals surface area contributed by atoms with Gasteiger partial charge in [-0.15, -0.1) is 5.10 Å². The average molecular weight is 238 g/mol. The van der Waals surface area contributed by atoms with E-state index in [9.17, 15) is 4.21 Å². The van der Waals surface area contributed by atoms with E-state index in [-0.39, 0.29) is 6.04 Å². The first-order valence-corrected chi connectivity index (χ1v) is 6.53. The fraction of sp³-hybridized carbons (Fsp3) is 0.500. The molecule has 1 heterocycles. The normalized spacial score (nSPS) is 13.9. The van der Waals surface area contributed by atoms with E-state index in [2.05, 4.69) is 10.2 Å². The summed E-state index contributed by atoms with van der Waals surface area (Å²) in [4.78, 5) is 1.87. The molecular formula is C10H14N4OS. The maximum Gasteiger partial charge on any atom is 0.152 e. The Balaban J connectivity index is 2.83. The van der Waals surface area contributed by atoms with Crippen molar-refractivity contribution < 1.29 is 4.21 Å². The Hall–Kier alpha value is -1.48. The molecule has 0 spiro atoms. The van der Waals surface area contributed by atoms with E-state index in [1.54, 1.807) is 12.3 Å². The monoisotopic (exact) mass is 238 g/mol. The summed E-state index contributed by atoms with van der Waals surface area (Å²) >= 11 is 0. The van der Waals surface area contributed by atoms with E-state index in [0.717, 1.165) is 0 Å². The lowest BCUT2D eigenvalue weighted by Crippen LogP contribution is -2.34. The van der Waals surface area contributed by atoms with Crippen LogP contribution in [0.25, 0.3) is 0 Å². The first-order chi connectivity index (χ1) is 7.54. The van der Waals surface area contributed by atoms with Crippen molar-refractivity contribution in [2.45, 2.75) is 13.0 Å². The van der Waals surface area contributed by atoms with Gasteiger partial charge in [-0.05, 0) is 6.92 Å². The molecule has 2 atom stereocenters. The number of nitriles is 1. The Kier molecular flexibility index (Phi) is 4.38. The summed E-state index contributed by atoms with van der Waals surface area (Å²) in [5.41, 5.74) is 0.474. The minimum atomic E-state index is -0.852. The van der Waals surface area contributed by atoms with Crippen LogP contribution in [0.4, 0.5) is 5.82 Å². The second-order valence-electron chi connectivity index (χ2n) is 3.61. The summed E-state index contributed by atoms with van der Waals surface area (Å²) in [5, 5.41) is 16.4. The Morgan fingerprint density at radius 1 is 1.69 bits per heavy atom. The van der Waals surface area contributed by atoms with Crippen LogP contribution in [0.15, 0.2) is 12.3 Å². The summed E-state index contributed by atoms with van der Waals surface area (Å²) in [6.07, 6.45) is 3.09. The van der Waals surface area contributed by atoms with Gasteiger partial charge in [-0.25, -0.2) is 0 Å². The van der Waals surface area contributed by atoms with Crippen molar-refractivity contribution in [2.24, 2.45) is 0 Å². The van der Waals surface area contributed by atoms with Crippen LogP contribution in [0, 0.1) is 11.3 Å². The van der Waals surface area contributed by atoms with Gasteiger partial charge in [0.15, 0.2) is 5.82 Å². The van der Waals surface area contributed by atoms with Gasteiger partial charge in [0.1, 0.15) is 6.07 Å². The molecule has 0 fully saturated rings. The highest BCUT2D eigenvalue weighted by Crippen LogP contribution is 2.12. The van der Waals surface area contributed by atoms with Crippen molar-refractivity contribution in [3.8, 4) is 6.07 Å². The number of rotatable bonds is 4. The molecule has 1 aromatic heterocycles. The third-order valence-electron chi connectivity index (χ3n) is 2.27. The predicted octanol–water partition coefficient (Wildman–Crippen LogP) is 0.551. The molecular weight excluding hydrogens is 224 g/mol. The van der Waals surface area contributed by atoms with E-state index in [1.807, 2.05) is 24.9 Å². The Bertz CT molecular complexity index is 429. The molecule has 6 heteroatoms. The van der Waals surface area contributed by atoms with Crippen LogP contribution in [0.3, 0.4) is 0 Å². The van der Waals surface area contributed by atoms with Crippen LogP contribution in [-0.2, 0) is 10.8 Å². The molecule has 1 rings (SSSR count). The van der Waals surface area contributed by atoms with Gasteiger partial charge in [-0.2, -0.15) is 10.4 Å². The quantitative estimate of drug-likeness (QED) is 0.766. The minimum absolute atomic E-state index is 0.0917. The molecule has 5 nitrogen and oxygen atoms in total. The molecule has 1 aromatic rings. The SMILES string of the molecule is CC(CS(C)=O)N(C)c1cc(C#N)cnn1.